The molecule has 0 aliphatic carbocycles. The third kappa shape index (κ3) is 6.80. The van der Waals surface area contributed by atoms with Crippen molar-refractivity contribution >= 4 is 40.9 Å². The van der Waals surface area contributed by atoms with Crippen LogP contribution in [0.3, 0.4) is 0 Å². The normalized spacial score (nSPS) is 10.3. The predicted molar refractivity (Wildman–Crippen MR) is 103 cm³/mol. The molecule has 2 amide bonds. The van der Waals surface area contributed by atoms with Gasteiger partial charge in [-0.3, -0.25) is 9.59 Å². The molecule has 0 aliphatic heterocycles. The fourth-order valence-corrected chi connectivity index (χ4v) is 3.15. The minimum absolute atomic E-state index is 0.0940. The van der Waals surface area contributed by atoms with E-state index in [0.717, 1.165) is 16.2 Å². The Bertz CT molecular complexity index is 720. The van der Waals surface area contributed by atoms with Crippen LogP contribution in [0.5, 0.6) is 0 Å². The molecule has 0 saturated heterocycles. The Kier molecular flexibility index (Phi) is 7.82. The topological polar surface area (TPSA) is 58.2 Å². The highest BCUT2D eigenvalue weighted by atomic mass is 35.5. The molecular weight excluding hydrogens is 356 g/mol. The molecule has 0 atom stereocenters. The summed E-state index contributed by atoms with van der Waals surface area (Å²) in [5.41, 5.74) is 0.711. The van der Waals surface area contributed by atoms with E-state index in [4.69, 9.17) is 11.6 Å². The van der Waals surface area contributed by atoms with E-state index in [1.807, 2.05) is 55.5 Å². The fraction of sp³-hybridized carbons (Fsp3) is 0.263. The maximum absolute atomic E-state index is 11.9. The maximum atomic E-state index is 11.9. The van der Waals surface area contributed by atoms with Gasteiger partial charge in [0.15, 0.2) is 0 Å². The Balaban J connectivity index is 1.82. The van der Waals surface area contributed by atoms with Gasteiger partial charge in [-0.05, 0) is 42.8 Å². The molecule has 2 aromatic rings. The molecule has 25 heavy (non-hydrogen) atoms. The largest absolute Gasteiger partial charge is 0.356 e. The highest BCUT2D eigenvalue weighted by Crippen LogP contribution is 2.33. The van der Waals surface area contributed by atoms with Crippen molar-refractivity contribution in [2.24, 2.45) is 0 Å². The molecular formula is C19H21ClN2O2S. The molecule has 0 bridgehead atoms. The van der Waals surface area contributed by atoms with Crippen molar-refractivity contribution in [3.05, 3.63) is 53.6 Å². The molecule has 0 fully saturated rings. The summed E-state index contributed by atoms with van der Waals surface area (Å²) in [5, 5.41) is 6.27. The van der Waals surface area contributed by atoms with E-state index in [-0.39, 0.29) is 24.7 Å². The third-order valence-electron chi connectivity index (χ3n) is 3.35. The van der Waals surface area contributed by atoms with Crippen LogP contribution in [-0.2, 0) is 9.59 Å². The molecule has 0 aromatic heterocycles. The molecule has 0 aliphatic rings. The van der Waals surface area contributed by atoms with Gasteiger partial charge in [-0.1, -0.05) is 42.4 Å². The quantitative estimate of drug-likeness (QED) is 0.699. The maximum Gasteiger partial charge on any atom is 0.224 e. The predicted octanol–water partition coefficient (Wildman–Crippen LogP) is 4.74. The van der Waals surface area contributed by atoms with Gasteiger partial charge in [0.25, 0.3) is 0 Å². The van der Waals surface area contributed by atoms with Gasteiger partial charge in [0.1, 0.15) is 0 Å². The Morgan fingerprint density at radius 2 is 1.68 bits per heavy atom. The summed E-state index contributed by atoms with van der Waals surface area (Å²) < 4.78 is 0. The number of carbonyl (C=O) groups excluding carboxylic acids is 2. The second-order valence-electron chi connectivity index (χ2n) is 5.45. The first-order valence-electron chi connectivity index (χ1n) is 8.17. The Hall–Kier alpha value is -1.98. The Labute approximate surface area is 157 Å². The van der Waals surface area contributed by atoms with E-state index >= 15 is 0 Å². The van der Waals surface area contributed by atoms with Crippen molar-refractivity contribution in [2.45, 2.75) is 36.0 Å². The second-order valence-corrected chi connectivity index (χ2v) is 6.98. The molecule has 132 valence electrons. The third-order valence-corrected chi connectivity index (χ3v) is 4.88. The molecule has 6 heteroatoms. The van der Waals surface area contributed by atoms with Crippen LogP contribution < -0.4 is 10.6 Å². The lowest BCUT2D eigenvalue weighted by atomic mass is 10.2. The summed E-state index contributed by atoms with van der Waals surface area (Å²) in [6, 6.07) is 15.2. The molecule has 4 nitrogen and oxygen atoms in total. The Morgan fingerprint density at radius 1 is 1.00 bits per heavy atom. The van der Waals surface area contributed by atoms with E-state index in [1.54, 1.807) is 11.8 Å². The number of anilines is 1. The van der Waals surface area contributed by atoms with Crippen molar-refractivity contribution in [1.29, 1.82) is 0 Å². The van der Waals surface area contributed by atoms with Gasteiger partial charge in [-0.2, -0.15) is 0 Å². The molecule has 2 aromatic carbocycles. The smallest absolute Gasteiger partial charge is 0.224 e. The SMILES string of the molecule is CCCNC(=O)CCC(=O)Nc1ccc(Sc2ccccc2Cl)cc1. The van der Waals surface area contributed by atoms with Crippen LogP contribution in [0.2, 0.25) is 5.02 Å². The molecule has 0 saturated carbocycles. The van der Waals surface area contributed by atoms with Gasteiger partial charge in [0, 0.05) is 34.9 Å². The van der Waals surface area contributed by atoms with Crippen molar-refractivity contribution < 1.29 is 9.59 Å². The number of carbonyl (C=O) groups is 2. The van der Waals surface area contributed by atoms with Gasteiger partial charge in [-0.25, -0.2) is 0 Å². The Morgan fingerprint density at radius 3 is 2.36 bits per heavy atom. The minimum Gasteiger partial charge on any atom is -0.356 e. The number of rotatable bonds is 8. The number of hydrogen-bond donors (Lipinski definition) is 2. The van der Waals surface area contributed by atoms with Gasteiger partial charge in [-0.15, -0.1) is 0 Å². The lowest BCUT2D eigenvalue weighted by molar-refractivity contribution is -0.124. The zero-order valence-corrected chi connectivity index (χ0v) is 15.6. The van der Waals surface area contributed by atoms with E-state index < -0.39 is 0 Å². The summed E-state index contributed by atoms with van der Waals surface area (Å²) in [6.45, 7) is 2.63. The van der Waals surface area contributed by atoms with Crippen molar-refractivity contribution in [1.82, 2.24) is 5.32 Å². The van der Waals surface area contributed by atoms with Crippen molar-refractivity contribution in [3.8, 4) is 0 Å². The number of nitrogens with one attached hydrogen (secondary N) is 2. The van der Waals surface area contributed by atoms with Crippen LogP contribution in [0.15, 0.2) is 58.3 Å². The van der Waals surface area contributed by atoms with Gasteiger partial charge >= 0.3 is 0 Å². The highest BCUT2D eigenvalue weighted by Gasteiger charge is 2.07. The van der Waals surface area contributed by atoms with Crippen LogP contribution in [0, 0.1) is 0 Å². The summed E-state index contributed by atoms with van der Waals surface area (Å²) in [4.78, 5) is 25.4. The summed E-state index contributed by atoms with van der Waals surface area (Å²) in [5.74, 6) is -0.262. The zero-order valence-electron chi connectivity index (χ0n) is 14.0. The average molecular weight is 377 g/mol. The van der Waals surface area contributed by atoms with Crippen LogP contribution in [0.4, 0.5) is 5.69 Å². The summed E-state index contributed by atoms with van der Waals surface area (Å²) in [6.07, 6.45) is 1.26. The second kappa shape index (κ2) is 10.1. The molecule has 0 unspecified atom stereocenters. The van der Waals surface area contributed by atoms with Gasteiger partial charge < -0.3 is 10.6 Å². The van der Waals surface area contributed by atoms with Crippen LogP contribution in [0.1, 0.15) is 26.2 Å². The molecule has 2 rings (SSSR count). The van der Waals surface area contributed by atoms with Gasteiger partial charge in [0.2, 0.25) is 11.8 Å². The van der Waals surface area contributed by atoms with Crippen LogP contribution in [0.25, 0.3) is 0 Å². The zero-order chi connectivity index (χ0) is 18.1. The first kappa shape index (κ1) is 19.3. The molecule has 2 N–H and O–H groups in total. The standard InChI is InChI=1S/C19H21ClN2O2S/c1-2-13-21-18(23)11-12-19(24)22-14-7-9-15(10-8-14)25-17-6-4-3-5-16(17)20/h3-10H,2,11-13H2,1H3,(H,21,23)(H,22,24). The first-order chi connectivity index (χ1) is 12.1. The van der Waals surface area contributed by atoms with E-state index in [1.165, 1.54) is 0 Å². The molecule has 0 spiro atoms. The fourth-order valence-electron chi connectivity index (χ4n) is 2.06. The highest BCUT2D eigenvalue weighted by molar-refractivity contribution is 7.99. The van der Waals surface area contributed by atoms with E-state index in [9.17, 15) is 9.59 Å². The monoisotopic (exact) mass is 376 g/mol. The number of amides is 2. The van der Waals surface area contributed by atoms with E-state index in [2.05, 4.69) is 10.6 Å². The number of halogens is 1. The minimum atomic E-state index is -0.168. The number of benzene rings is 2. The van der Waals surface area contributed by atoms with Crippen LogP contribution in [-0.4, -0.2) is 18.4 Å². The van der Waals surface area contributed by atoms with Crippen LogP contribution >= 0.6 is 23.4 Å². The van der Waals surface area contributed by atoms with Gasteiger partial charge in [0.05, 0.1) is 5.02 Å². The van der Waals surface area contributed by atoms with E-state index in [0.29, 0.717) is 17.3 Å². The first-order valence-corrected chi connectivity index (χ1v) is 9.37. The summed E-state index contributed by atoms with van der Waals surface area (Å²) in [7, 11) is 0. The lowest BCUT2D eigenvalue weighted by Gasteiger charge is -2.08. The average Bonchev–Trinajstić information content (AvgIpc) is 2.62. The van der Waals surface area contributed by atoms with Crippen molar-refractivity contribution in [3.63, 3.8) is 0 Å². The number of hydrogen-bond acceptors (Lipinski definition) is 3. The lowest BCUT2D eigenvalue weighted by Crippen LogP contribution is -2.25. The molecule has 0 radical (unpaired) electrons. The molecule has 0 heterocycles. The summed E-state index contributed by atoms with van der Waals surface area (Å²) >= 11 is 7.72. The van der Waals surface area contributed by atoms with Crippen molar-refractivity contribution in [2.75, 3.05) is 11.9 Å².